The third-order valence-corrected chi connectivity index (χ3v) is 5.54. The van der Waals surface area contributed by atoms with Gasteiger partial charge in [-0.2, -0.15) is 0 Å². The third kappa shape index (κ3) is 5.97. The van der Waals surface area contributed by atoms with E-state index in [0.29, 0.717) is 57.8 Å². The summed E-state index contributed by atoms with van der Waals surface area (Å²) in [7, 11) is 6.97. The lowest BCUT2D eigenvalue weighted by Crippen LogP contribution is -2.16. The molecule has 192 valence electrons. The fourth-order valence-corrected chi connectivity index (χ4v) is 3.68. The average Bonchev–Trinajstić information content (AvgIpc) is 2.89. The zero-order valence-corrected chi connectivity index (χ0v) is 21.4. The minimum atomic E-state index is -0.212. The van der Waals surface area contributed by atoms with E-state index < -0.39 is 0 Å². The summed E-state index contributed by atoms with van der Waals surface area (Å²) in [5.41, 5.74) is 2.30. The second-order valence-electron chi connectivity index (χ2n) is 8.23. The quantitative estimate of drug-likeness (QED) is 0.335. The number of methoxy groups -OCH3 is 2. The normalized spacial score (nSPS) is 10.6. The highest BCUT2D eigenvalue weighted by Crippen LogP contribution is 2.37. The summed E-state index contributed by atoms with van der Waals surface area (Å²) in [4.78, 5) is 27.5. The Hall–Kier alpha value is -4.60. The van der Waals surface area contributed by atoms with Crippen molar-refractivity contribution in [1.82, 2.24) is 15.0 Å². The molecule has 0 spiro atoms. The van der Waals surface area contributed by atoms with Gasteiger partial charge in [-0.25, -0.2) is 15.0 Å². The number of carbonyl (C=O) groups is 1. The summed E-state index contributed by atoms with van der Waals surface area (Å²) in [5.74, 6) is 2.78. The molecule has 1 N–H and O–H groups in total. The van der Waals surface area contributed by atoms with Crippen molar-refractivity contribution in [3.05, 3.63) is 60.6 Å². The Balaban J connectivity index is 1.52. The Labute approximate surface area is 215 Å². The number of anilines is 2. The first-order chi connectivity index (χ1) is 17.9. The highest BCUT2D eigenvalue weighted by Gasteiger charge is 2.15. The number of rotatable bonds is 10. The SMILES string of the molecule is CCOc1cc2ncnc(Oc3ccc(CC(=O)Nc4ccc(N(C)C)cn4)c(OC)c3)c2cc1OC. The Bertz CT molecular complexity index is 1390. The summed E-state index contributed by atoms with van der Waals surface area (Å²) in [6, 6.07) is 12.5. The summed E-state index contributed by atoms with van der Waals surface area (Å²) >= 11 is 0. The minimum Gasteiger partial charge on any atom is -0.496 e. The molecule has 0 aliphatic rings. The Morgan fingerprint density at radius 3 is 2.43 bits per heavy atom. The number of nitrogens with one attached hydrogen (secondary N) is 1. The molecule has 0 unspecified atom stereocenters. The van der Waals surface area contributed by atoms with E-state index >= 15 is 0 Å². The molecule has 4 rings (SSSR count). The minimum absolute atomic E-state index is 0.106. The Kier molecular flexibility index (Phi) is 7.87. The molecular formula is C27H29N5O5. The van der Waals surface area contributed by atoms with E-state index in [-0.39, 0.29) is 12.3 Å². The Morgan fingerprint density at radius 2 is 1.76 bits per heavy atom. The second-order valence-corrected chi connectivity index (χ2v) is 8.23. The number of amides is 1. The van der Waals surface area contributed by atoms with Gasteiger partial charge in [0.1, 0.15) is 23.6 Å². The number of fused-ring (bicyclic) bond motifs is 1. The van der Waals surface area contributed by atoms with Crippen molar-refractivity contribution in [2.75, 3.05) is 45.1 Å². The number of pyridine rings is 1. The number of carbonyl (C=O) groups excluding carboxylic acids is 1. The van der Waals surface area contributed by atoms with Gasteiger partial charge in [0.15, 0.2) is 11.5 Å². The van der Waals surface area contributed by atoms with Gasteiger partial charge < -0.3 is 29.2 Å². The largest absolute Gasteiger partial charge is 0.496 e. The molecule has 0 aliphatic heterocycles. The molecule has 0 saturated carbocycles. The van der Waals surface area contributed by atoms with Crippen molar-refractivity contribution in [2.24, 2.45) is 0 Å². The molecule has 2 aromatic carbocycles. The summed E-state index contributed by atoms with van der Waals surface area (Å²) < 4.78 is 22.7. The second kappa shape index (κ2) is 11.4. The molecule has 37 heavy (non-hydrogen) atoms. The summed E-state index contributed by atoms with van der Waals surface area (Å²) in [5, 5.41) is 3.48. The van der Waals surface area contributed by atoms with Gasteiger partial charge in [-0.1, -0.05) is 6.07 Å². The molecular weight excluding hydrogens is 474 g/mol. The molecule has 0 bridgehead atoms. The molecule has 0 fully saturated rings. The van der Waals surface area contributed by atoms with Crippen LogP contribution in [0.4, 0.5) is 11.5 Å². The van der Waals surface area contributed by atoms with Crippen LogP contribution in [-0.2, 0) is 11.2 Å². The van der Waals surface area contributed by atoms with Crippen LogP contribution in [-0.4, -0.2) is 55.8 Å². The number of nitrogens with zero attached hydrogens (tertiary/aromatic N) is 4. The number of ether oxygens (including phenoxy) is 4. The number of benzene rings is 2. The van der Waals surface area contributed by atoms with Crippen LogP contribution < -0.4 is 29.2 Å². The van der Waals surface area contributed by atoms with Crippen LogP contribution in [0.25, 0.3) is 10.9 Å². The van der Waals surface area contributed by atoms with Gasteiger partial charge in [0.25, 0.3) is 0 Å². The smallest absolute Gasteiger partial charge is 0.230 e. The Morgan fingerprint density at radius 1 is 0.946 bits per heavy atom. The highest BCUT2D eigenvalue weighted by atomic mass is 16.5. The van der Waals surface area contributed by atoms with Crippen molar-refractivity contribution < 1.29 is 23.7 Å². The molecule has 4 aromatic rings. The van der Waals surface area contributed by atoms with Gasteiger partial charge in [0.2, 0.25) is 11.8 Å². The van der Waals surface area contributed by atoms with Crippen LogP contribution in [0.3, 0.4) is 0 Å². The summed E-state index contributed by atoms with van der Waals surface area (Å²) in [6.45, 7) is 2.40. The molecule has 0 saturated heterocycles. The van der Waals surface area contributed by atoms with Gasteiger partial charge in [-0.15, -0.1) is 0 Å². The predicted octanol–water partition coefficient (Wildman–Crippen LogP) is 4.48. The van der Waals surface area contributed by atoms with E-state index in [2.05, 4.69) is 20.3 Å². The number of aromatic nitrogens is 3. The number of hydrogen-bond acceptors (Lipinski definition) is 9. The van der Waals surface area contributed by atoms with Crippen LogP contribution in [0.15, 0.2) is 55.0 Å². The molecule has 10 nitrogen and oxygen atoms in total. The molecule has 10 heteroatoms. The maximum Gasteiger partial charge on any atom is 0.230 e. The maximum absolute atomic E-state index is 12.6. The standard InChI is InChI=1S/C27H29N5O5/c1-6-36-24-14-21-20(13-23(24)35-5)27(30-16-29-21)37-19-9-7-17(22(12-19)34-4)11-26(33)31-25-10-8-18(15-28-25)32(2)3/h7-10,12-16H,6,11H2,1-5H3,(H,28,31,33). The fraction of sp³-hybridized carbons (Fsp3) is 0.259. The lowest BCUT2D eigenvalue weighted by Gasteiger charge is -2.14. The van der Waals surface area contributed by atoms with Crippen molar-refractivity contribution in [2.45, 2.75) is 13.3 Å². The molecule has 0 atom stereocenters. The van der Waals surface area contributed by atoms with Gasteiger partial charge in [-0.3, -0.25) is 4.79 Å². The molecule has 2 aromatic heterocycles. The van der Waals surface area contributed by atoms with Crippen molar-refractivity contribution in [3.8, 4) is 28.9 Å². The van der Waals surface area contributed by atoms with E-state index in [1.165, 1.54) is 6.33 Å². The van der Waals surface area contributed by atoms with Crippen molar-refractivity contribution in [3.63, 3.8) is 0 Å². The van der Waals surface area contributed by atoms with Crippen molar-refractivity contribution in [1.29, 1.82) is 0 Å². The van der Waals surface area contributed by atoms with Crippen LogP contribution in [0, 0.1) is 0 Å². The molecule has 2 heterocycles. The lowest BCUT2D eigenvalue weighted by atomic mass is 10.1. The highest BCUT2D eigenvalue weighted by molar-refractivity contribution is 5.92. The monoisotopic (exact) mass is 503 g/mol. The van der Waals surface area contributed by atoms with E-state index in [4.69, 9.17) is 18.9 Å². The average molecular weight is 504 g/mol. The zero-order chi connectivity index (χ0) is 26.4. The van der Waals surface area contributed by atoms with E-state index in [1.54, 1.807) is 56.8 Å². The van der Waals surface area contributed by atoms with Gasteiger partial charge in [0, 0.05) is 31.8 Å². The van der Waals surface area contributed by atoms with Gasteiger partial charge in [-0.05, 0) is 31.2 Å². The third-order valence-electron chi connectivity index (χ3n) is 5.54. The van der Waals surface area contributed by atoms with Gasteiger partial charge in [0.05, 0.1) is 50.0 Å². The van der Waals surface area contributed by atoms with Crippen LogP contribution in [0.2, 0.25) is 0 Å². The maximum atomic E-state index is 12.6. The van der Waals surface area contributed by atoms with Crippen molar-refractivity contribution >= 4 is 28.3 Å². The van der Waals surface area contributed by atoms with E-state index in [1.807, 2.05) is 32.0 Å². The number of hydrogen-bond donors (Lipinski definition) is 1. The molecule has 1 amide bonds. The zero-order valence-electron chi connectivity index (χ0n) is 21.4. The first-order valence-corrected chi connectivity index (χ1v) is 11.6. The first kappa shape index (κ1) is 25.5. The van der Waals surface area contributed by atoms with E-state index in [0.717, 1.165) is 5.69 Å². The van der Waals surface area contributed by atoms with Crippen LogP contribution in [0.5, 0.6) is 28.9 Å². The van der Waals surface area contributed by atoms with Gasteiger partial charge >= 0.3 is 0 Å². The first-order valence-electron chi connectivity index (χ1n) is 11.6. The predicted molar refractivity (Wildman–Crippen MR) is 141 cm³/mol. The van der Waals surface area contributed by atoms with Crippen LogP contribution in [0.1, 0.15) is 12.5 Å². The summed E-state index contributed by atoms with van der Waals surface area (Å²) in [6.07, 6.45) is 3.23. The van der Waals surface area contributed by atoms with E-state index in [9.17, 15) is 4.79 Å². The molecule has 0 aliphatic carbocycles. The lowest BCUT2D eigenvalue weighted by molar-refractivity contribution is -0.115. The fourth-order valence-electron chi connectivity index (χ4n) is 3.68. The van der Waals surface area contributed by atoms with Crippen LogP contribution >= 0.6 is 0 Å². The molecule has 0 radical (unpaired) electrons. The topological polar surface area (TPSA) is 108 Å².